The van der Waals surface area contributed by atoms with Crippen molar-refractivity contribution in [2.24, 2.45) is 0 Å². The summed E-state index contributed by atoms with van der Waals surface area (Å²) in [4.78, 5) is 0.601. The van der Waals surface area contributed by atoms with Gasteiger partial charge in [0.2, 0.25) is 0 Å². The van der Waals surface area contributed by atoms with Crippen LogP contribution in [0.5, 0.6) is 0 Å². The van der Waals surface area contributed by atoms with Crippen molar-refractivity contribution >= 4 is 17.6 Å². The first-order chi connectivity index (χ1) is 2.56. The number of halogens is 1. The van der Waals surface area contributed by atoms with Gasteiger partial charge in [0.15, 0.2) is 9.58 Å². The van der Waals surface area contributed by atoms with Crippen LogP contribution in [-0.2, 0) is 9.58 Å². The maximum absolute atomic E-state index is 10.7. The summed E-state index contributed by atoms with van der Waals surface area (Å²) in [5, 5.41) is 0. The van der Waals surface area contributed by atoms with Gasteiger partial charge in [0.1, 0.15) is 0 Å². The van der Waals surface area contributed by atoms with Gasteiger partial charge >= 0.3 is 0 Å². The molecule has 0 saturated carbocycles. The lowest BCUT2D eigenvalue weighted by Gasteiger charge is -1.85. The highest BCUT2D eigenvalue weighted by molar-refractivity contribution is 8.15. The largest absolute Gasteiger partial charge is 0.298 e. The van der Waals surface area contributed by atoms with Gasteiger partial charge in [-0.1, -0.05) is 4.94 Å². The van der Waals surface area contributed by atoms with E-state index in [0.717, 1.165) is 0 Å². The molecule has 0 aromatic rings. The SMILES string of the molecule is O=S(O)(=P)NF. The minimum absolute atomic E-state index is 0.601. The third kappa shape index (κ3) is 4.30. The van der Waals surface area contributed by atoms with Crippen molar-refractivity contribution in [3.05, 3.63) is 0 Å². The molecule has 1 unspecified atom stereocenters. The fourth-order valence-electron chi connectivity index (χ4n) is 0. The molecule has 0 aliphatic rings. The molecule has 3 nitrogen and oxygen atoms in total. The van der Waals surface area contributed by atoms with E-state index in [1.165, 1.54) is 0 Å². The minimum atomic E-state index is -3.52. The molecule has 6 heteroatoms. The van der Waals surface area contributed by atoms with Crippen molar-refractivity contribution in [2.75, 3.05) is 0 Å². The lowest BCUT2D eigenvalue weighted by atomic mass is 13.8. The molecule has 38 valence electrons. The zero-order valence-electron chi connectivity index (χ0n) is 2.64. The predicted octanol–water partition coefficient (Wildman–Crippen LogP) is 0.191. The molecule has 0 aromatic heterocycles. The monoisotopic (exact) mass is 131 g/mol. The van der Waals surface area contributed by atoms with E-state index < -0.39 is 9.58 Å². The summed E-state index contributed by atoms with van der Waals surface area (Å²) in [6, 6.07) is 0. The van der Waals surface area contributed by atoms with Crippen molar-refractivity contribution in [3.63, 3.8) is 0 Å². The topological polar surface area (TPSA) is 49.3 Å². The van der Waals surface area contributed by atoms with Crippen LogP contribution in [0.2, 0.25) is 0 Å². The number of hydrogen-bond donors (Lipinski definition) is 2. The Kier molecular flexibility index (Phi) is 1.93. The van der Waals surface area contributed by atoms with Crippen molar-refractivity contribution in [3.8, 4) is 0 Å². The second kappa shape index (κ2) is 1.84. The Labute approximate surface area is 36.7 Å². The van der Waals surface area contributed by atoms with E-state index in [1.807, 2.05) is 0 Å². The third-order valence-corrected chi connectivity index (χ3v) is 0.545. The average molecular weight is 131 g/mol. The van der Waals surface area contributed by atoms with Crippen LogP contribution in [0.3, 0.4) is 0 Å². The first kappa shape index (κ1) is 6.30. The first-order valence-electron chi connectivity index (χ1n) is 0.946. The molecule has 0 aliphatic heterocycles. The van der Waals surface area contributed by atoms with E-state index >= 15 is 0 Å². The molecular weight excluding hydrogens is 128 g/mol. The highest BCUT2D eigenvalue weighted by atomic mass is 32.5. The summed E-state index contributed by atoms with van der Waals surface area (Å²) in [5.74, 6) is 0. The molecule has 0 heterocycles. The number of nitrogens with one attached hydrogen (secondary N) is 1. The smallest absolute Gasteiger partial charge is 0.187 e. The molecule has 1 atom stereocenters. The molecule has 2 N–H and O–H groups in total. The Bertz CT molecular complexity index is 116. The average Bonchev–Trinajstić information content (AvgIpc) is 1.35. The normalized spacial score (nSPS) is 19.7. The van der Waals surface area contributed by atoms with Gasteiger partial charge in [-0.15, -0.1) is 4.48 Å². The highest BCUT2D eigenvalue weighted by Crippen LogP contribution is 1.80. The molecule has 0 spiro atoms. The third-order valence-electron chi connectivity index (χ3n) is 0.105. The number of hydrogen-bond acceptors (Lipinski definition) is 1. The fourth-order valence-corrected chi connectivity index (χ4v) is 0. The quantitative estimate of drug-likeness (QED) is 0.394. The van der Waals surface area contributed by atoms with E-state index in [0.29, 0.717) is 4.94 Å². The lowest BCUT2D eigenvalue weighted by Crippen LogP contribution is -2.07. The molecule has 0 bridgehead atoms. The zero-order chi connectivity index (χ0) is 5.21. The van der Waals surface area contributed by atoms with Crippen molar-refractivity contribution in [2.45, 2.75) is 0 Å². The maximum Gasteiger partial charge on any atom is 0.187 e. The van der Waals surface area contributed by atoms with E-state index in [9.17, 15) is 8.69 Å². The van der Waals surface area contributed by atoms with Crippen LogP contribution in [-0.4, -0.2) is 8.76 Å². The summed E-state index contributed by atoms with van der Waals surface area (Å²) >= 11 is 0. The van der Waals surface area contributed by atoms with Gasteiger partial charge in [-0.05, 0) is 8.02 Å². The van der Waals surface area contributed by atoms with Gasteiger partial charge in [0.25, 0.3) is 0 Å². The highest BCUT2D eigenvalue weighted by Gasteiger charge is 1.87. The summed E-state index contributed by atoms with van der Waals surface area (Å²) in [7, 11) is -1.40. The van der Waals surface area contributed by atoms with Crippen molar-refractivity contribution in [1.82, 2.24) is 4.94 Å². The molecule has 6 heavy (non-hydrogen) atoms. The molecule has 0 fully saturated rings. The molecule has 0 aromatic carbocycles. The Morgan fingerprint density at radius 1 is 2.00 bits per heavy atom. The summed E-state index contributed by atoms with van der Waals surface area (Å²) < 4.78 is 28.0. The predicted molar refractivity (Wildman–Crippen MR) is 23.3 cm³/mol. The van der Waals surface area contributed by atoms with E-state index in [1.54, 1.807) is 0 Å². The summed E-state index contributed by atoms with van der Waals surface area (Å²) in [6.07, 6.45) is 0. The maximum atomic E-state index is 10.7. The second-order valence-electron chi connectivity index (χ2n) is 0.603. The molecular formula is H3FNO2PS. The molecule has 0 radical (unpaired) electrons. The lowest BCUT2D eigenvalue weighted by molar-refractivity contribution is 0.412. The van der Waals surface area contributed by atoms with Crippen LogP contribution in [0.15, 0.2) is 0 Å². The number of rotatable bonds is 1. The van der Waals surface area contributed by atoms with Crippen LogP contribution in [0.4, 0.5) is 4.48 Å². The van der Waals surface area contributed by atoms with Crippen molar-refractivity contribution in [1.29, 1.82) is 0 Å². The van der Waals surface area contributed by atoms with E-state index in [4.69, 9.17) is 4.55 Å². The Morgan fingerprint density at radius 2 is 2.17 bits per heavy atom. The minimum Gasteiger partial charge on any atom is -0.298 e. The van der Waals surface area contributed by atoms with Gasteiger partial charge in [-0.25, -0.2) is 4.21 Å². The van der Waals surface area contributed by atoms with Crippen LogP contribution in [0.1, 0.15) is 0 Å². The van der Waals surface area contributed by atoms with Gasteiger partial charge in [-0.3, -0.25) is 4.55 Å². The van der Waals surface area contributed by atoms with Crippen molar-refractivity contribution < 1.29 is 13.2 Å². The molecule has 0 saturated heterocycles. The Morgan fingerprint density at radius 3 is 2.17 bits per heavy atom. The molecule has 0 aliphatic carbocycles. The van der Waals surface area contributed by atoms with Crippen LogP contribution >= 0.6 is 8.02 Å². The van der Waals surface area contributed by atoms with Gasteiger partial charge in [0.05, 0.1) is 0 Å². The van der Waals surface area contributed by atoms with Crippen LogP contribution < -0.4 is 4.94 Å². The second-order valence-corrected chi connectivity index (χ2v) is 3.47. The standard InChI is InChI=1S/FH3NO2PS/c1-2-6(3,4)5/h5H,(H2,2,3,4). The van der Waals surface area contributed by atoms with Gasteiger partial charge in [0, 0.05) is 0 Å². The van der Waals surface area contributed by atoms with Crippen LogP contribution in [0, 0.1) is 0 Å². The first-order valence-corrected chi connectivity index (χ1v) is 3.69. The zero-order valence-corrected chi connectivity index (χ0v) is 4.46. The van der Waals surface area contributed by atoms with Gasteiger partial charge in [-0.2, -0.15) is 0 Å². The molecule has 0 rings (SSSR count). The molecule has 0 amide bonds. The van der Waals surface area contributed by atoms with E-state index in [-0.39, 0.29) is 0 Å². The summed E-state index contributed by atoms with van der Waals surface area (Å²) in [5.41, 5.74) is 0. The van der Waals surface area contributed by atoms with Crippen LogP contribution in [0.25, 0.3) is 0 Å². The van der Waals surface area contributed by atoms with E-state index in [2.05, 4.69) is 8.02 Å². The Balaban J connectivity index is 3.85. The fraction of sp³-hybridized carbons (Fsp3) is 0. The van der Waals surface area contributed by atoms with Gasteiger partial charge < -0.3 is 0 Å². The Hall–Kier alpha value is 0.300. The summed E-state index contributed by atoms with van der Waals surface area (Å²) in [6.45, 7) is 0.